The molecule has 0 saturated heterocycles. The fourth-order valence-electron chi connectivity index (χ4n) is 1.32. The van der Waals surface area contributed by atoms with E-state index >= 15 is 0 Å². The molecular weight excluding hydrogens is 234 g/mol. The monoisotopic (exact) mass is 247 g/mol. The zero-order valence-electron chi connectivity index (χ0n) is 10.1. The van der Waals surface area contributed by atoms with Crippen LogP contribution < -0.4 is 11.1 Å². The Bertz CT molecular complexity index is 542. The number of nitrogen functional groups attached to an aromatic ring is 1. The second kappa shape index (κ2) is 4.82. The molecule has 0 aliphatic rings. The fraction of sp³-hybridized carbons (Fsp3) is 0.273. The Morgan fingerprint density at radius 3 is 2.72 bits per heavy atom. The lowest BCUT2D eigenvalue weighted by Gasteiger charge is -2.01. The van der Waals surface area contributed by atoms with Crippen molar-refractivity contribution in [3.8, 4) is 0 Å². The molecule has 0 atom stereocenters. The van der Waals surface area contributed by atoms with Gasteiger partial charge in [-0.3, -0.25) is 4.79 Å². The minimum atomic E-state index is -0.351. The SMILES string of the molecule is Cc1nc(CNC(=O)c2ccc(N)nn2)oc1C. The van der Waals surface area contributed by atoms with Crippen LogP contribution in [0.1, 0.15) is 27.8 Å². The van der Waals surface area contributed by atoms with Crippen LogP contribution in [0.25, 0.3) is 0 Å². The van der Waals surface area contributed by atoms with Gasteiger partial charge in [0.1, 0.15) is 11.6 Å². The molecule has 0 aliphatic carbocycles. The number of nitrogens with one attached hydrogen (secondary N) is 1. The lowest BCUT2D eigenvalue weighted by Crippen LogP contribution is -2.24. The van der Waals surface area contributed by atoms with Crippen LogP contribution in [-0.2, 0) is 6.54 Å². The summed E-state index contributed by atoms with van der Waals surface area (Å²) in [4.78, 5) is 15.8. The first kappa shape index (κ1) is 12.0. The standard InChI is InChI=1S/C11H13N5O2/c1-6-7(2)18-10(14-6)5-13-11(17)8-3-4-9(12)16-15-8/h3-4H,5H2,1-2H3,(H2,12,16)(H,13,17). The number of hydrogen-bond acceptors (Lipinski definition) is 6. The highest BCUT2D eigenvalue weighted by molar-refractivity contribution is 5.92. The predicted octanol–water partition coefficient (Wildman–Crippen LogP) is 0.594. The number of anilines is 1. The van der Waals surface area contributed by atoms with E-state index in [0.717, 1.165) is 11.5 Å². The molecule has 1 amide bonds. The largest absolute Gasteiger partial charge is 0.444 e. The van der Waals surface area contributed by atoms with Gasteiger partial charge in [-0.2, -0.15) is 0 Å². The highest BCUT2D eigenvalue weighted by Crippen LogP contribution is 2.07. The van der Waals surface area contributed by atoms with Crippen molar-refractivity contribution in [2.24, 2.45) is 0 Å². The van der Waals surface area contributed by atoms with Gasteiger partial charge in [0.05, 0.1) is 12.2 Å². The third-order valence-corrected chi connectivity index (χ3v) is 2.39. The van der Waals surface area contributed by atoms with Gasteiger partial charge in [-0.1, -0.05) is 0 Å². The van der Waals surface area contributed by atoms with E-state index in [1.807, 2.05) is 13.8 Å². The van der Waals surface area contributed by atoms with E-state index in [2.05, 4.69) is 20.5 Å². The first-order valence-electron chi connectivity index (χ1n) is 5.36. The lowest BCUT2D eigenvalue weighted by atomic mass is 10.3. The lowest BCUT2D eigenvalue weighted by molar-refractivity contribution is 0.0941. The molecule has 2 aromatic heterocycles. The number of aromatic nitrogens is 3. The van der Waals surface area contributed by atoms with Crippen molar-refractivity contribution in [3.63, 3.8) is 0 Å². The molecule has 0 aromatic carbocycles. The van der Waals surface area contributed by atoms with Crippen LogP contribution in [-0.4, -0.2) is 21.1 Å². The molecule has 0 unspecified atom stereocenters. The molecule has 2 heterocycles. The van der Waals surface area contributed by atoms with E-state index in [-0.39, 0.29) is 24.0 Å². The topological polar surface area (TPSA) is 107 Å². The summed E-state index contributed by atoms with van der Waals surface area (Å²) in [6, 6.07) is 3.02. The molecule has 0 aliphatic heterocycles. The summed E-state index contributed by atoms with van der Waals surface area (Å²) >= 11 is 0. The number of carbonyl (C=O) groups excluding carboxylic acids is 1. The second-order valence-corrected chi connectivity index (χ2v) is 3.78. The normalized spacial score (nSPS) is 10.3. The quantitative estimate of drug-likeness (QED) is 0.822. The molecule has 7 heteroatoms. The van der Waals surface area contributed by atoms with Crippen molar-refractivity contribution in [3.05, 3.63) is 35.2 Å². The zero-order chi connectivity index (χ0) is 13.1. The molecule has 0 radical (unpaired) electrons. The molecule has 2 aromatic rings. The maximum atomic E-state index is 11.7. The molecule has 0 spiro atoms. The van der Waals surface area contributed by atoms with Crippen molar-refractivity contribution in [2.75, 3.05) is 5.73 Å². The third kappa shape index (κ3) is 2.62. The van der Waals surface area contributed by atoms with E-state index in [0.29, 0.717) is 5.89 Å². The Kier molecular flexibility index (Phi) is 3.22. The number of nitrogens with two attached hydrogens (primary N) is 1. The van der Waals surface area contributed by atoms with Gasteiger partial charge < -0.3 is 15.5 Å². The van der Waals surface area contributed by atoms with Crippen molar-refractivity contribution in [1.29, 1.82) is 0 Å². The van der Waals surface area contributed by atoms with Gasteiger partial charge in [-0.15, -0.1) is 10.2 Å². The summed E-state index contributed by atoms with van der Waals surface area (Å²) in [7, 11) is 0. The molecule has 94 valence electrons. The Morgan fingerprint density at radius 1 is 1.39 bits per heavy atom. The minimum absolute atomic E-state index is 0.198. The molecule has 7 nitrogen and oxygen atoms in total. The van der Waals surface area contributed by atoms with E-state index in [4.69, 9.17) is 10.2 Å². The van der Waals surface area contributed by atoms with Crippen LogP contribution in [0.4, 0.5) is 5.82 Å². The number of hydrogen-bond donors (Lipinski definition) is 2. The van der Waals surface area contributed by atoms with Crippen molar-refractivity contribution in [2.45, 2.75) is 20.4 Å². The Morgan fingerprint density at radius 2 is 2.17 bits per heavy atom. The van der Waals surface area contributed by atoms with Gasteiger partial charge in [0.25, 0.3) is 5.91 Å². The molecule has 0 fully saturated rings. The van der Waals surface area contributed by atoms with Crippen LogP contribution in [0.15, 0.2) is 16.5 Å². The van der Waals surface area contributed by atoms with Crippen LogP contribution in [0.3, 0.4) is 0 Å². The van der Waals surface area contributed by atoms with Gasteiger partial charge in [-0.05, 0) is 26.0 Å². The van der Waals surface area contributed by atoms with E-state index in [1.165, 1.54) is 12.1 Å². The number of nitrogens with zero attached hydrogens (tertiary/aromatic N) is 3. The summed E-state index contributed by atoms with van der Waals surface area (Å²) in [5, 5.41) is 9.91. The number of rotatable bonds is 3. The molecule has 3 N–H and O–H groups in total. The maximum absolute atomic E-state index is 11.7. The summed E-state index contributed by atoms with van der Waals surface area (Å²) in [6.07, 6.45) is 0. The molecule has 0 saturated carbocycles. The third-order valence-electron chi connectivity index (χ3n) is 2.39. The van der Waals surface area contributed by atoms with Gasteiger partial charge in [-0.25, -0.2) is 4.98 Å². The molecule has 0 bridgehead atoms. The average molecular weight is 247 g/mol. The zero-order valence-corrected chi connectivity index (χ0v) is 10.1. The predicted molar refractivity (Wildman–Crippen MR) is 63.6 cm³/mol. The summed E-state index contributed by atoms with van der Waals surface area (Å²) in [5.74, 6) is 1.12. The highest BCUT2D eigenvalue weighted by Gasteiger charge is 2.10. The van der Waals surface area contributed by atoms with Crippen molar-refractivity contribution < 1.29 is 9.21 Å². The van der Waals surface area contributed by atoms with Crippen LogP contribution >= 0.6 is 0 Å². The van der Waals surface area contributed by atoms with Gasteiger partial charge >= 0.3 is 0 Å². The van der Waals surface area contributed by atoms with Gasteiger partial charge in [0, 0.05) is 0 Å². The van der Waals surface area contributed by atoms with E-state index in [1.54, 1.807) is 0 Å². The van der Waals surface area contributed by atoms with Crippen LogP contribution in [0.2, 0.25) is 0 Å². The average Bonchev–Trinajstić information content (AvgIpc) is 2.67. The Balaban J connectivity index is 1.98. The fourth-order valence-corrected chi connectivity index (χ4v) is 1.32. The first-order valence-corrected chi connectivity index (χ1v) is 5.36. The van der Waals surface area contributed by atoms with Gasteiger partial charge in [0.15, 0.2) is 5.69 Å². The van der Waals surface area contributed by atoms with Crippen LogP contribution in [0, 0.1) is 13.8 Å². The van der Waals surface area contributed by atoms with Crippen LogP contribution in [0.5, 0.6) is 0 Å². The van der Waals surface area contributed by atoms with Crippen molar-refractivity contribution >= 4 is 11.7 Å². The number of amides is 1. The first-order chi connectivity index (χ1) is 8.56. The number of aryl methyl sites for hydroxylation is 2. The molecule has 2 rings (SSSR count). The Labute approximate surface area is 103 Å². The Hall–Kier alpha value is -2.44. The second-order valence-electron chi connectivity index (χ2n) is 3.78. The van der Waals surface area contributed by atoms with Crippen molar-refractivity contribution in [1.82, 2.24) is 20.5 Å². The van der Waals surface area contributed by atoms with Gasteiger partial charge in [0.2, 0.25) is 5.89 Å². The highest BCUT2D eigenvalue weighted by atomic mass is 16.4. The summed E-state index contributed by atoms with van der Waals surface area (Å²) in [5.41, 5.74) is 6.39. The number of oxazole rings is 1. The van der Waals surface area contributed by atoms with E-state index < -0.39 is 0 Å². The minimum Gasteiger partial charge on any atom is -0.444 e. The smallest absolute Gasteiger partial charge is 0.272 e. The summed E-state index contributed by atoms with van der Waals surface area (Å²) in [6.45, 7) is 3.87. The van der Waals surface area contributed by atoms with E-state index in [9.17, 15) is 4.79 Å². The molecule has 18 heavy (non-hydrogen) atoms. The number of carbonyl (C=O) groups is 1. The summed E-state index contributed by atoms with van der Waals surface area (Å²) < 4.78 is 5.34. The maximum Gasteiger partial charge on any atom is 0.272 e. The molecular formula is C11H13N5O2.